The molecule has 3 rings (SSSR count). The first-order chi connectivity index (χ1) is 10.2. The Morgan fingerprint density at radius 2 is 2.05 bits per heavy atom. The Hall–Kier alpha value is -2.20. The fourth-order valence-corrected chi connectivity index (χ4v) is 2.52. The van der Waals surface area contributed by atoms with Crippen molar-refractivity contribution in [3.63, 3.8) is 0 Å². The van der Waals surface area contributed by atoms with Crippen molar-refractivity contribution in [2.24, 2.45) is 0 Å². The first kappa shape index (κ1) is 13.8. The van der Waals surface area contributed by atoms with Crippen LogP contribution in [0.1, 0.15) is 16.5 Å². The van der Waals surface area contributed by atoms with Gasteiger partial charge in [0.2, 0.25) is 0 Å². The van der Waals surface area contributed by atoms with E-state index in [2.05, 4.69) is 5.32 Å². The van der Waals surface area contributed by atoms with Crippen LogP contribution < -0.4 is 14.8 Å². The number of anilines is 1. The molecule has 1 aliphatic heterocycles. The van der Waals surface area contributed by atoms with Crippen LogP contribution >= 0.6 is 11.6 Å². The third kappa shape index (κ3) is 2.81. The van der Waals surface area contributed by atoms with E-state index in [9.17, 15) is 4.79 Å². The van der Waals surface area contributed by atoms with Crippen LogP contribution in [0.2, 0.25) is 0 Å². The molecule has 0 aliphatic carbocycles. The van der Waals surface area contributed by atoms with Gasteiger partial charge in [0.1, 0.15) is 11.5 Å². The van der Waals surface area contributed by atoms with Crippen molar-refractivity contribution in [1.29, 1.82) is 0 Å². The maximum atomic E-state index is 11.4. The maximum Gasteiger partial charge on any atom is 0.262 e. The molecule has 2 aromatic carbocycles. The number of hydrogen-bond donors (Lipinski definition) is 1. The van der Waals surface area contributed by atoms with Crippen molar-refractivity contribution in [3.8, 4) is 11.5 Å². The summed E-state index contributed by atoms with van der Waals surface area (Å²) in [4.78, 5) is 11.4. The Morgan fingerprint density at radius 3 is 2.86 bits per heavy atom. The average molecular weight is 304 g/mol. The molecule has 4 nitrogen and oxygen atoms in total. The van der Waals surface area contributed by atoms with E-state index >= 15 is 0 Å². The lowest BCUT2D eigenvalue weighted by Crippen LogP contribution is -2.25. The number of hydrogen-bond acceptors (Lipinski definition) is 3. The summed E-state index contributed by atoms with van der Waals surface area (Å²) in [6.45, 7) is 0.0481. The van der Waals surface area contributed by atoms with Gasteiger partial charge < -0.3 is 14.8 Å². The van der Waals surface area contributed by atoms with Gasteiger partial charge in [0.15, 0.2) is 6.61 Å². The van der Waals surface area contributed by atoms with Gasteiger partial charge >= 0.3 is 0 Å². The lowest BCUT2D eigenvalue weighted by atomic mass is 10.0. The second-order valence-electron chi connectivity index (χ2n) is 4.73. The Labute approximate surface area is 127 Å². The van der Waals surface area contributed by atoms with E-state index in [1.807, 2.05) is 42.5 Å². The molecule has 108 valence electrons. The molecule has 0 aromatic heterocycles. The van der Waals surface area contributed by atoms with Crippen LogP contribution in [0.25, 0.3) is 0 Å². The summed E-state index contributed by atoms with van der Waals surface area (Å²) in [5.41, 5.74) is 2.46. The molecule has 2 aromatic rings. The Morgan fingerprint density at radius 1 is 1.24 bits per heavy atom. The SMILES string of the molecule is COc1cccc(C(Cl)c2ccc3c(c2)NC(=O)CO3)c1. The molecule has 0 saturated carbocycles. The largest absolute Gasteiger partial charge is 0.497 e. The standard InChI is InChI=1S/C16H14ClNO3/c1-20-12-4-2-3-10(7-12)16(17)11-5-6-14-13(8-11)18-15(19)9-21-14/h2-8,16H,9H2,1H3,(H,18,19). The van der Waals surface area contributed by atoms with Gasteiger partial charge in [-0.1, -0.05) is 18.2 Å². The van der Waals surface area contributed by atoms with Crippen LogP contribution in [-0.4, -0.2) is 19.6 Å². The Bertz CT molecular complexity index is 687. The second kappa shape index (κ2) is 5.66. The van der Waals surface area contributed by atoms with Gasteiger partial charge in [0.05, 0.1) is 18.2 Å². The van der Waals surface area contributed by atoms with E-state index in [1.54, 1.807) is 7.11 Å². The highest BCUT2D eigenvalue weighted by Gasteiger charge is 2.19. The van der Waals surface area contributed by atoms with Crippen LogP contribution in [0.3, 0.4) is 0 Å². The summed E-state index contributed by atoms with van der Waals surface area (Å²) in [7, 11) is 1.62. The quantitative estimate of drug-likeness (QED) is 0.885. The number of fused-ring (bicyclic) bond motifs is 1. The summed E-state index contributed by atoms with van der Waals surface area (Å²) in [6.07, 6.45) is 0. The van der Waals surface area contributed by atoms with Gasteiger partial charge in [0, 0.05) is 0 Å². The molecule has 0 saturated heterocycles. The molecule has 1 unspecified atom stereocenters. The van der Waals surface area contributed by atoms with Gasteiger partial charge in [-0.05, 0) is 35.4 Å². The van der Waals surface area contributed by atoms with Gasteiger partial charge in [-0.3, -0.25) is 4.79 Å². The van der Waals surface area contributed by atoms with Gasteiger partial charge in [-0.2, -0.15) is 0 Å². The van der Waals surface area contributed by atoms with E-state index in [1.165, 1.54) is 0 Å². The van der Waals surface area contributed by atoms with Crippen molar-refractivity contribution in [2.75, 3.05) is 19.0 Å². The number of methoxy groups -OCH3 is 1. The lowest BCUT2D eigenvalue weighted by molar-refractivity contribution is -0.118. The second-order valence-corrected chi connectivity index (χ2v) is 5.17. The maximum absolute atomic E-state index is 11.4. The molecule has 1 aliphatic rings. The third-order valence-corrected chi connectivity index (χ3v) is 3.82. The topological polar surface area (TPSA) is 47.6 Å². The number of halogens is 1. The molecule has 1 heterocycles. The van der Waals surface area contributed by atoms with Crippen molar-refractivity contribution < 1.29 is 14.3 Å². The molecule has 0 spiro atoms. The van der Waals surface area contributed by atoms with Crippen LogP contribution in [0.4, 0.5) is 5.69 Å². The summed E-state index contributed by atoms with van der Waals surface area (Å²) in [5, 5.41) is 2.45. The zero-order chi connectivity index (χ0) is 14.8. The number of rotatable bonds is 3. The van der Waals surface area contributed by atoms with Crippen molar-refractivity contribution in [3.05, 3.63) is 53.6 Å². The normalized spacial score (nSPS) is 14.7. The zero-order valence-electron chi connectivity index (χ0n) is 11.4. The number of alkyl halides is 1. The highest BCUT2D eigenvalue weighted by Crippen LogP contribution is 2.36. The minimum atomic E-state index is -0.329. The van der Waals surface area contributed by atoms with E-state index in [4.69, 9.17) is 21.1 Å². The molecule has 5 heteroatoms. The minimum absolute atomic E-state index is 0.0481. The predicted octanol–water partition coefficient (Wildman–Crippen LogP) is 3.35. The van der Waals surface area contributed by atoms with Crippen LogP contribution in [0.5, 0.6) is 11.5 Å². The Kier molecular flexibility index (Phi) is 3.71. The molecule has 1 N–H and O–H groups in total. The van der Waals surface area contributed by atoms with Crippen molar-refractivity contribution >= 4 is 23.2 Å². The van der Waals surface area contributed by atoms with Crippen LogP contribution in [0.15, 0.2) is 42.5 Å². The predicted molar refractivity (Wildman–Crippen MR) is 81.3 cm³/mol. The lowest BCUT2D eigenvalue weighted by Gasteiger charge is -2.20. The first-order valence-electron chi connectivity index (χ1n) is 6.52. The zero-order valence-corrected chi connectivity index (χ0v) is 12.2. The summed E-state index contributed by atoms with van der Waals surface area (Å²) in [6, 6.07) is 13.2. The molecular formula is C16H14ClNO3. The van der Waals surface area contributed by atoms with Gasteiger partial charge in [0.25, 0.3) is 5.91 Å². The minimum Gasteiger partial charge on any atom is -0.497 e. The van der Waals surface area contributed by atoms with Crippen molar-refractivity contribution in [1.82, 2.24) is 0 Å². The summed E-state index contributed by atoms with van der Waals surface area (Å²) >= 11 is 6.53. The highest BCUT2D eigenvalue weighted by atomic mass is 35.5. The van der Waals surface area contributed by atoms with Gasteiger partial charge in [-0.15, -0.1) is 11.6 Å². The first-order valence-corrected chi connectivity index (χ1v) is 6.95. The molecule has 21 heavy (non-hydrogen) atoms. The number of amides is 1. The van der Waals surface area contributed by atoms with E-state index in [0.29, 0.717) is 11.4 Å². The monoisotopic (exact) mass is 303 g/mol. The summed E-state index contributed by atoms with van der Waals surface area (Å²) < 4.78 is 10.5. The van der Waals surface area contributed by atoms with Crippen molar-refractivity contribution in [2.45, 2.75) is 5.38 Å². The number of carbonyl (C=O) groups excluding carboxylic acids is 1. The van der Waals surface area contributed by atoms with Gasteiger partial charge in [-0.25, -0.2) is 0 Å². The smallest absolute Gasteiger partial charge is 0.262 e. The molecule has 1 atom stereocenters. The number of carbonyl (C=O) groups is 1. The van der Waals surface area contributed by atoms with E-state index in [-0.39, 0.29) is 17.9 Å². The van der Waals surface area contributed by atoms with E-state index < -0.39 is 0 Å². The number of ether oxygens (including phenoxy) is 2. The third-order valence-electron chi connectivity index (χ3n) is 3.32. The fourth-order valence-electron chi connectivity index (χ4n) is 2.25. The molecular weight excluding hydrogens is 290 g/mol. The number of benzene rings is 2. The van der Waals surface area contributed by atoms with E-state index in [0.717, 1.165) is 16.9 Å². The number of nitrogens with one attached hydrogen (secondary N) is 1. The molecule has 0 fully saturated rings. The van der Waals surface area contributed by atoms with Crippen LogP contribution in [0, 0.1) is 0 Å². The highest BCUT2D eigenvalue weighted by molar-refractivity contribution is 6.22. The fraction of sp³-hybridized carbons (Fsp3) is 0.188. The average Bonchev–Trinajstić information content (AvgIpc) is 2.53. The molecule has 0 radical (unpaired) electrons. The molecule has 0 bridgehead atoms. The Balaban J connectivity index is 1.92. The van der Waals surface area contributed by atoms with Crippen LogP contribution in [-0.2, 0) is 4.79 Å². The molecule has 1 amide bonds. The summed E-state index contributed by atoms with van der Waals surface area (Å²) in [5.74, 6) is 1.26.